The molecule has 0 atom stereocenters. The highest BCUT2D eigenvalue weighted by atomic mass is 16.4. The number of pyridine rings is 1. The minimum atomic E-state index is -1.03. The minimum Gasteiger partial charge on any atom is -0.476 e. The molecule has 0 amide bonds. The van der Waals surface area contributed by atoms with Gasteiger partial charge in [0.2, 0.25) is 0 Å². The van der Waals surface area contributed by atoms with E-state index in [9.17, 15) is 4.79 Å². The van der Waals surface area contributed by atoms with Gasteiger partial charge in [-0.3, -0.25) is 9.67 Å². The highest BCUT2D eigenvalue weighted by Crippen LogP contribution is 2.25. The fourth-order valence-electron chi connectivity index (χ4n) is 2.06. The standard InChI is InChI=1S/C12H9N3O2/c1-15-11-7-4-2-3-5-9(7)13-6-8(11)10(14-15)12(16)17/h2-6H,1H3,(H,16,17). The lowest BCUT2D eigenvalue weighted by Crippen LogP contribution is -1.99. The molecule has 3 aromatic rings. The number of aromatic carboxylic acids is 1. The predicted molar refractivity (Wildman–Crippen MR) is 63.0 cm³/mol. The van der Waals surface area contributed by atoms with Gasteiger partial charge in [-0.25, -0.2) is 4.79 Å². The Morgan fingerprint density at radius 2 is 2.06 bits per heavy atom. The van der Waals surface area contributed by atoms with E-state index in [0.717, 1.165) is 16.4 Å². The van der Waals surface area contributed by atoms with Crippen LogP contribution in [0, 0.1) is 0 Å². The number of hydrogen-bond acceptors (Lipinski definition) is 3. The summed E-state index contributed by atoms with van der Waals surface area (Å²) in [6.07, 6.45) is 1.56. The lowest BCUT2D eigenvalue weighted by atomic mass is 10.1. The van der Waals surface area contributed by atoms with Crippen LogP contribution in [-0.2, 0) is 7.05 Å². The first kappa shape index (κ1) is 9.77. The van der Waals surface area contributed by atoms with E-state index < -0.39 is 5.97 Å². The lowest BCUT2D eigenvalue weighted by molar-refractivity contribution is 0.0691. The molecule has 2 heterocycles. The number of aromatic nitrogens is 3. The maximum atomic E-state index is 11.1. The topological polar surface area (TPSA) is 68.0 Å². The summed E-state index contributed by atoms with van der Waals surface area (Å²) in [6, 6.07) is 7.60. The Morgan fingerprint density at radius 1 is 1.29 bits per heavy atom. The zero-order valence-corrected chi connectivity index (χ0v) is 9.08. The molecule has 1 aromatic carbocycles. The average molecular weight is 227 g/mol. The SMILES string of the molecule is Cn1nc(C(=O)O)c2cnc3ccccc3c21. The molecule has 2 aromatic heterocycles. The molecule has 5 nitrogen and oxygen atoms in total. The fourth-order valence-corrected chi connectivity index (χ4v) is 2.06. The molecule has 3 rings (SSSR count). The van der Waals surface area contributed by atoms with E-state index in [1.165, 1.54) is 0 Å². The predicted octanol–water partition coefficient (Wildman–Crippen LogP) is 1.82. The van der Waals surface area contributed by atoms with Crippen LogP contribution in [0.4, 0.5) is 0 Å². The summed E-state index contributed by atoms with van der Waals surface area (Å²) in [5, 5.41) is 14.6. The number of carbonyl (C=O) groups is 1. The maximum absolute atomic E-state index is 11.1. The average Bonchev–Trinajstić information content (AvgIpc) is 2.67. The molecule has 0 aliphatic heterocycles. The Labute approximate surface area is 96.3 Å². The van der Waals surface area contributed by atoms with Crippen LogP contribution < -0.4 is 0 Å². The van der Waals surface area contributed by atoms with Crippen molar-refractivity contribution in [3.63, 3.8) is 0 Å². The summed E-state index contributed by atoms with van der Waals surface area (Å²) in [5.74, 6) is -1.03. The van der Waals surface area contributed by atoms with E-state index in [1.54, 1.807) is 17.9 Å². The van der Waals surface area contributed by atoms with Gasteiger partial charge in [0.25, 0.3) is 0 Å². The van der Waals surface area contributed by atoms with Crippen LogP contribution in [0.2, 0.25) is 0 Å². The molecule has 0 radical (unpaired) electrons. The zero-order valence-electron chi connectivity index (χ0n) is 9.08. The first-order valence-electron chi connectivity index (χ1n) is 5.12. The molecule has 0 aliphatic carbocycles. The minimum absolute atomic E-state index is 0.0424. The van der Waals surface area contributed by atoms with Crippen molar-refractivity contribution < 1.29 is 9.90 Å². The molecule has 0 unspecified atom stereocenters. The molecule has 0 saturated heterocycles. The first-order chi connectivity index (χ1) is 8.18. The number of para-hydroxylation sites is 1. The Balaban J connectivity index is 2.55. The van der Waals surface area contributed by atoms with Crippen molar-refractivity contribution in [3.05, 3.63) is 36.2 Å². The third kappa shape index (κ3) is 1.29. The number of rotatable bonds is 1. The molecule has 5 heteroatoms. The molecule has 0 aliphatic rings. The van der Waals surface area contributed by atoms with Crippen LogP contribution in [0.3, 0.4) is 0 Å². The summed E-state index contributed by atoms with van der Waals surface area (Å²) in [5.41, 5.74) is 1.67. The van der Waals surface area contributed by atoms with Gasteiger partial charge in [-0.2, -0.15) is 5.10 Å². The molecular formula is C12H9N3O2. The van der Waals surface area contributed by atoms with E-state index in [0.29, 0.717) is 5.39 Å². The van der Waals surface area contributed by atoms with Crippen molar-refractivity contribution in [3.8, 4) is 0 Å². The molecule has 0 spiro atoms. The smallest absolute Gasteiger partial charge is 0.357 e. The van der Waals surface area contributed by atoms with Crippen molar-refractivity contribution in [1.29, 1.82) is 0 Å². The van der Waals surface area contributed by atoms with Gasteiger partial charge in [0.05, 0.1) is 16.4 Å². The van der Waals surface area contributed by atoms with Gasteiger partial charge in [-0.1, -0.05) is 18.2 Å². The van der Waals surface area contributed by atoms with E-state index in [4.69, 9.17) is 5.11 Å². The number of aryl methyl sites for hydroxylation is 1. The number of benzene rings is 1. The van der Waals surface area contributed by atoms with Crippen LogP contribution in [0.15, 0.2) is 30.5 Å². The van der Waals surface area contributed by atoms with Crippen LogP contribution in [0.1, 0.15) is 10.5 Å². The number of fused-ring (bicyclic) bond motifs is 3. The molecule has 0 saturated carbocycles. The fraction of sp³-hybridized carbons (Fsp3) is 0.0833. The second-order valence-electron chi connectivity index (χ2n) is 3.81. The van der Waals surface area contributed by atoms with E-state index >= 15 is 0 Å². The van der Waals surface area contributed by atoms with Crippen LogP contribution in [-0.4, -0.2) is 25.8 Å². The zero-order chi connectivity index (χ0) is 12.0. The molecule has 0 fully saturated rings. The van der Waals surface area contributed by atoms with Crippen LogP contribution in [0.25, 0.3) is 21.8 Å². The van der Waals surface area contributed by atoms with Crippen LogP contribution >= 0.6 is 0 Å². The lowest BCUT2D eigenvalue weighted by Gasteiger charge is -1.99. The number of hydrogen-bond donors (Lipinski definition) is 1. The first-order valence-corrected chi connectivity index (χ1v) is 5.12. The monoisotopic (exact) mass is 227 g/mol. The molecule has 1 N–H and O–H groups in total. The Bertz CT molecular complexity index is 746. The summed E-state index contributed by atoms with van der Waals surface area (Å²) in [4.78, 5) is 15.3. The Hall–Kier alpha value is -2.43. The highest BCUT2D eigenvalue weighted by molar-refractivity contribution is 6.10. The molecule has 0 bridgehead atoms. The van der Waals surface area contributed by atoms with E-state index in [2.05, 4.69) is 10.1 Å². The number of nitrogens with zero attached hydrogens (tertiary/aromatic N) is 3. The number of carboxylic acids is 1. The van der Waals surface area contributed by atoms with Crippen molar-refractivity contribution in [2.45, 2.75) is 0 Å². The van der Waals surface area contributed by atoms with Gasteiger partial charge in [0.15, 0.2) is 5.69 Å². The summed E-state index contributed by atoms with van der Waals surface area (Å²) in [7, 11) is 1.74. The van der Waals surface area contributed by atoms with Crippen molar-refractivity contribution >= 4 is 27.8 Å². The third-order valence-corrected chi connectivity index (χ3v) is 2.78. The second kappa shape index (κ2) is 3.28. The van der Waals surface area contributed by atoms with Crippen molar-refractivity contribution in [2.24, 2.45) is 7.05 Å². The summed E-state index contributed by atoms with van der Waals surface area (Å²) < 4.78 is 1.59. The Kier molecular flexibility index (Phi) is 1.89. The molecular weight excluding hydrogens is 218 g/mol. The van der Waals surface area contributed by atoms with E-state index in [1.807, 2.05) is 24.3 Å². The third-order valence-electron chi connectivity index (χ3n) is 2.78. The number of carboxylic acid groups (broad SMARTS) is 1. The maximum Gasteiger partial charge on any atom is 0.357 e. The van der Waals surface area contributed by atoms with Gasteiger partial charge in [-0.05, 0) is 6.07 Å². The van der Waals surface area contributed by atoms with Gasteiger partial charge >= 0.3 is 5.97 Å². The highest BCUT2D eigenvalue weighted by Gasteiger charge is 2.16. The largest absolute Gasteiger partial charge is 0.476 e. The molecule has 17 heavy (non-hydrogen) atoms. The van der Waals surface area contributed by atoms with Gasteiger partial charge in [0.1, 0.15) is 0 Å². The summed E-state index contributed by atoms with van der Waals surface area (Å²) in [6.45, 7) is 0. The van der Waals surface area contributed by atoms with E-state index in [-0.39, 0.29) is 5.69 Å². The summed E-state index contributed by atoms with van der Waals surface area (Å²) >= 11 is 0. The van der Waals surface area contributed by atoms with Gasteiger partial charge in [-0.15, -0.1) is 0 Å². The van der Waals surface area contributed by atoms with Crippen molar-refractivity contribution in [1.82, 2.24) is 14.8 Å². The quantitative estimate of drug-likeness (QED) is 0.688. The van der Waals surface area contributed by atoms with Crippen molar-refractivity contribution in [2.75, 3.05) is 0 Å². The van der Waals surface area contributed by atoms with Gasteiger partial charge in [0, 0.05) is 18.6 Å². The Morgan fingerprint density at radius 3 is 2.82 bits per heavy atom. The van der Waals surface area contributed by atoms with Gasteiger partial charge < -0.3 is 5.11 Å². The normalized spacial score (nSPS) is 11.1. The molecule has 84 valence electrons. The second-order valence-corrected chi connectivity index (χ2v) is 3.81. The van der Waals surface area contributed by atoms with Crippen LogP contribution in [0.5, 0.6) is 0 Å².